The van der Waals surface area contributed by atoms with Gasteiger partial charge in [0.2, 0.25) is 0 Å². The Hall–Kier alpha value is -0.490. The first-order valence-electron chi connectivity index (χ1n) is 7.21. The quantitative estimate of drug-likeness (QED) is 0.543. The van der Waals surface area contributed by atoms with Gasteiger partial charge >= 0.3 is 0 Å². The Bertz CT molecular complexity index is 422. The van der Waals surface area contributed by atoms with Gasteiger partial charge in [-0.25, -0.2) is 0 Å². The standard InChI is InChI=1S/C16H23IO3/c1-18-15-8-7-12(11-16(15)19-2)9-10-20-14-6-4-3-5-13(14)17/h7-8,11,13-14H,3-6,9-10H2,1-2H3/t13-,14+/m1/s1. The lowest BCUT2D eigenvalue weighted by molar-refractivity contribution is 0.0383. The van der Waals surface area contributed by atoms with Gasteiger partial charge in [0, 0.05) is 3.92 Å². The highest BCUT2D eigenvalue weighted by Crippen LogP contribution is 2.29. The number of alkyl halides is 1. The van der Waals surface area contributed by atoms with E-state index < -0.39 is 0 Å². The van der Waals surface area contributed by atoms with Crippen molar-refractivity contribution in [2.75, 3.05) is 20.8 Å². The minimum absolute atomic E-state index is 0.435. The largest absolute Gasteiger partial charge is 0.493 e. The van der Waals surface area contributed by atoms with Crippen LogP contribution in [0.2, 0.25) is 0 Å². The molecule has 4 heteroatoms. The topological polar surface area (TPSA) is 27.7 Å². The Morgan fingerprint density at radius 2 is 1.85 bits per heavy atom. The third kappa shape index (κ3) is 4.25. The monoisotopic (exact) mass is 390 g/mol. The zero-order valence-corrected chi connectivity index (χ0v) is 14.4. The summed E-state index contributed by atoms with van der Waals surface area (Å²) in [5, 5.41) is 0. The molecule has 0 aliphatic heterocycles. The Kier molecular flexibility index (Phi) is 6.42. The van der Waals surface area contributed by atoms with Crippen molar-refractivity contribution in [1.29, 1.82) is 0 Å². The third-order valence-electron chi connectivity index (χ3n) is 3.79. The number of ether oxygens (including phenoxy) is 3. The Morgan fingerprint density at radius 1 is 1.10 bits per heavy atom. The molecule has 0 amide bonds. The van der Waals surface area contributed by atoms with E-state index in [1.54, 1.807) is 14.2 Å². The summed E-state index contributed by atoms with van der Waals surface area (Å²) in [4.78, 5) is 0. The lowest BCUT2D eigenvalue weighted by Gasteiger charge is -2.27. The van der Waals surface area contributed by atoms with Crippen LogP contribution in [-0.2, 0) is 11.2 Å². The molecule has 2 rings (SSSR count). The van der Waals surface area contributed by atoms with Crippen LogP contribution in [0.15, 0.2) is 18.2 Å². The fraction of sp³-hybridized carbons (Fsp3) is 0.625. The van der Waals surface area contributed by atoms with Crippen LogP contribution in [-0.4, -0.2) is 30.9 Å². The summed E-state index contributed by atoms with van der Waals surface area (Å²) in [5.41, 5.74) is 1.23. The fourth-order valence-electron chi connectivity index (χ4n) is 2.60. The van der Waals surface area contributed by atoms with Gasteiger partial charge in [-0.05, 0) is 37.0 Å². The molecule has 0 bridgehead atoms. The predicted octanol–water partition coefficient (Wildman–Crippen LogP) is 4.01. The fourth-order valence-corrected chi connectivity index (χ4v) is 3.61. The summed E-state index contributed by atoms with van der Waals surface area (Å²) in [6.45, 7) is 0.777. The highest BCUT2D eigenvalue weighted by molar-refractivity contribution is 14.1. The second-order valence-corrected chi connectivity index (χ2v) is 6.75. The summed E-state index contributed by atoms with van der Waals surface area (Å²) in [7, 11) is 3.32. The first-order chi connectivity index (χ1) is 9.74. The third-order valence-corrected chi connectivity index (χ3v) is 5.22. The number of rotatable bonds is 6. The second-order valence-electron chi connectivity index (χ2n) is 5.15. The van der Waals surface area contributed by atoms with Gasteiger partial charge in [-0.15, -0.1) is 0 Å². The molecular weight excluding hydrogens is 367 g/mol. The molecular formula is C16H23IO3. The van der Waals surface area contributed by atoms with Crippen molar-refractivity contribution in [2.45, 2.75) is 42.1 Å². The minimum atomic E-state index is 0.435. The molecule has 1 aromatic carbocycles. The molecule has 0 N–H and O–H groups in total. The van der Waals surface area contributed by atoms with E-state index in [-0.39, 0.29) is 0 Å². The number of hydrogen-bond donors (Lipinski definition) is 0. The number of benzene rings is 1. The molecule has 0 unspecified atom stereocenters. The van der Waals surface area contributed by atoms with Crippen LogP contribution in [0.5, 0.6) is 11.5 Å². The van der Waals surface area contributed by atoms with E-state index in [4.69, 9.17) is 14.2 Å². The van der Waals surface area contributed by atoms with Crippen molar-refractivity contribution in [2.24, 2.45) is 0 Å². The maximum Gasteiger partial charge on any atom is 0.160 e. The smallest absolute Gasteiger partial charge is 0.160 e. The summed E-state index contributed by atoms with van der Waals surface area (Å²) >= 11 is 2.53. The number of halogens is 1. The summed E-state index contributed by atoms with van der Waals surface area (Å²) in [5.74, 6) is 1.56. The molecule has 1 aliphatic rings. The van der Waals surface area contributed by atoms with Gasteiger partial charge in [0.1, 0.15) is 0 Å². The highest BCUT2D eigenvalue weighted by atomic mass is 127. The SMILES string of the molecule is COc1ccc(CCO[C@H]2CCCC[C@H]2I)cc1OC. The first-order valence-corrected chi connectivity index (χ1v) is 8.45. The number of hydrogen-bond acceptors (Lipinski definition) is 3. The van der Waals surface area contributed by atoms with E-state index in [1.807, 2.05) is 12.1 Å². The Balaban J connectivity index is 1.84. The lowest BCUT2D eigenvalue weighted by Crippen LogP contribution is -2.28. The van der Waals surface area contributed by atoms with Gasteiger partial charge in [-0.2, -0.15) is 0 Å². The van der Waals surface area contributed by atoms with E-state index in [9.17, 15) is 0 Å². The van der Waals surface area contributed by atoms with Crippen LogP contribution in [0.4, 0.5) is 0 Å². The van der Waals surface area contributed by atoms with Crippen LogP contribution in [0.1, 0.15) is 31.2 Å². The molecule has 112 valence electrons. The van der Waals surface area contributed by atoms with Crippen molar-refractivity contribution >= 4 is 22.6 Å². The van der Waals surface area contributed by atoms with Gasteiger partial charge in [0.25, 0.3) is 0 Å². The van der Waals surface area contributed by atoms with Gasteiger partial charge in [0.05, 0.1) is 26.9 Å². The van der Waals surface area contributed by atoms with E-state index in [0.717, 1.165) is 24.5 Å². The van der Waals surface area contributed by atoms with Crippen molar-refractivity contribution < 1.29 is 14.2 Å². The van der Waals surface area contributed by atoms with Crippen LogP contribution in [0, 0.1) is 0 Å². The van der Waals surface area contributed by atoms with Crippen LogP contribution < -0.4 is 9.47 Å². The van der Waals surface area contributed by atoms with Crippen LogP contribution in [0.3, 0.4) is 0 Å². The van der Waals surface area contributed by atoms with Crippen LogP contribution >= 0.6 is 22.6 Å². The van der Waals surface area contributed by atoms with Crippen molar-refractivity contribution in [3.8, 4) is 11.5 Å². The van der Waals surface area contributed by atoms with E-state index in [0.29, 0.717) is 10.0 Å². The number of methoxy groups -OCH3 is 2. The van der Waals surface area contributed by atoms with Gasteiger partial charge in [0.15, 0.2) is 11.5 Å². The summed E-state index contributed by atoms with van der Waals surface area (Å²) in [6, 6.07) is 6.06. The maximum atomic E-state index is 6.05. The van der Waals surface area contributed by atoms with Gasteiger partial charge in [-0.3, -0.25) is 0 Å². The van der Waals surface area contributed by atoms with Crippen molar-refractivity contribution in [1.82, 2.24) is 0 Å². The van der Waals surface area contributed by atoms with Gasteiger partial charge in [-0.1, -0.05) is 41.5 Å². The highest BCUT2D eigenvalue weighted by Gasteiger charge is 2.22. The van der Waals surface area contributed by atoms with E-state index in [2.05, 4.69) is 28.7 Å². The van der Waals surface area contributed by atoms with Crippen LogP contribution in [0.25, 0.3) is 0 Å². The molecule has 2 atom stereocenters. The molecule has 0 radical (unpaired) electrons. The average Bonchev–Trinajstić information content (AvgIpc) is 2.49. The van der Waals surface area contributed by atoms with Gasteiger partial charge < -0.3 is 14.2 Å². The van der Waals surface area contributed by atoms with E-state index in [1.165, 1.54) is 31.2 Å². The predicted molar refractivity (Wildman–Crippen MR) is 89.3 cm³/mol. The first kappa shape index (κ1) is 15.9. The average molecular weight is 390 g/mol. The molecule has 0 aromatic heterocycles. The summed E-state index contributed by atoms with van der Waals surface area (Å²) in [6.07, 6.45) is 6.51. The lowest BCUT2D eigenvalue weighted by atomic mass is 9.98. The molecule has 1 saturated carbocycles. The Labute approximate surface area is 135 Å². The molecule has 20 heavy (non-hydrogen) atoms. The van der Waals surface area contributed by atoms with Crippen molar-refractivity contribution in [3.05, 3.63) is 23.8 Å². The maximum absolute atomic E-state index is 6.05. The normalized spacial score (nSPS) is 22.6. The molecule has 0 heterocycles. The summed E-state index contributed by atoms with van der Waals surface area (Å²) < 4.78 is 17.3. The minimum Gasteiger partial charge on any atom is -0.493 e. The molecule has 0 saturated heterocycles. The molecule has 1 fully saturated rings. The zero-order chi connectivity index (χ0) is 14.4. The second kappa shape index (κ2) is 8.08. The molecule has 1 aliphatic carbocycles. The van der Waals surface area contributed by atoms with Crippen molar-refractivity contribution in [3.63, 3.8) is 0 Å². The Morgan fingerprint density at radius 3 is 2.55 bits per heavy atom. The molecule has 3 nitrogen and oxygen atoms in total. The zero-order valence-electron chi connectivity index (χ0n) is 12.2. The molecule has 1 aromatic rings. The van der Waals surface area contributed by atoms with E-state index >= 15 is 0 Å². The molecule has 0 spiro atoms.